The van der Waals surface area contributed by atoms with Crippen molar-refractivity contribution in [2.75, 3.05) is 33.8 Å². The normalized spacial score (nSPS) is 10.0. The van der Waals surface area contributed by atoms with Gasteiger partial charge in [-0.2, -0.15) is 0 Å². The summed E-state index contributed by atoms with van der Waals surface area (Å²) >= 11 is 0. The zero-order valence-corrected chi connectivity index (χ0v) is 14.8. The van der Waals surface area contributed by atoms with E-state index in [1.54, 1.807) is 24.3 Å². The summed E-state index contributed by atoms with van der Waals surface area (Å²) in [7, 11) is 5.61. The minimum atomic E-state index is -1.26. The lowest BCUT2D eigenvalue weighted by molar-refractivity contribution is 0.0697. The second-order valence-electron chi connectivity index (χ2n) is 5.06. The molecule has 138 valence electrons. The second kappa shape index (κ2) is 8.11. The quantitative estimate of drug-likeness (QED) is 0.781. The minimum absolute atomic E-state index is 0.0292. The summed E-state index contributed by atoms with van der Waals surface area (Å²) in [6, 6.07) is 7.62. The Kier molecular flexibility index (Phi) is 5.90. The van der Waals surface area contributed by atoms with Crippen molar-refractivity contribution in [2.45, 2.75) is 0 Å². The van der Waals surface area contributed by atoms with Gasteiger partial charge in [0.2, 0.25) is 5.75 Å². The van der Waals surface area contributed by atoms with Crippen LogP contribution in [-0.2, 0) is 0 Å². The molecule has 0 unspecified atom stereocenters. The predicted molar refractivity (Wildman–Crippen MR) is 94.0 cm³/mol. The summed E-state index contributed by atoms with van der Waals surface area (Å²) < 4.78 is 20.7. The van der Waals surface area contributed by atoms with Gasteiger partial charge in [-0.05, 0) is 24.3 Å². The van der Waals surface area contributed by atoms with Gasteiger partial charge in [-0.25, -0.2) is 4.79 Å². The number of methoxy groups -OCH3 is 4. The fourth-order valence-corrected chi connectivity index (χ4v) is 2.38. The van der Waals surface area contributed by atoms with Crippen molar-refractivity contribution in [2.24, 2.45) is 0 Å². The van der Waals surface area contributed by atoms with Crippen LogP contribution in [0.15, 0.2) is 30.3 Å². The average Bonchev–Trinajstić information content (AvgIpc) is 2.66. The maximum Gasteiger partial charge on any atom is 0.338 e. The molecule has 8 heteroatoms. The fraction of sp³-hybridized carbons (Fsp3) is 0.222. The SMILES string of the molecule is COc1ccc(C(=O)Nc2c(C(=O)O)cc(OC)c(OC)c2OC)cc1. The number of carboxylic acid groups (broad SMARTS) is 1. The number of benzene rings is 2. The number of anilines is 1. The Labute approximate surface area is 150 Å². The maximum atomic E-state index is 12.5. The Hall–Kier alpha value is -3.42. The van der Waals surface area contributed by atoms with E-state index in [4.69, 9.17) is 18.9 Å². The van der Waals surface area contributed by atoms with E-state index in [9.17, 15) is 14.7 Å². The van der Waals surface area contributed by atoms with Crippen LogP contribution in [0.2, 0.25) is 0 Å². The van der Waals surface area contributed by atoms with E-state index in [2.05, 4.69) is 5.32 Å². The Morgan fingerprint density at radius 3 is 1.96 bits per heavy atom. The molecule has 0 spiro atoms. The summed E-state index contributed by atoms with van der Waals surface area (Å²) in [5.41, 5.74) is 0.0961. The number of nitrogens with one attached hydrogen (secondary N) is 1. The first kappa shape index (κ1) is 18.9. The number of carbonyl (C=O) groups excluding carboxylic acids is 1. The number of hydrogen-bond donors (Lipinski definition) is 2. The molecular formula is C18H19NO7. The molecule has 8 nitrogen and oxygen atoms in total. The van der Waals surface area contributed by atoms with Crippen molar-refractivity contribution in [1.82, 2.24) is 0 Å². The minimum Gasteiger partial charge on any atom is -0.497 e. The Balaban J connectivity index is 2.52. The van der Waals surface area contributed by atoms with Crippen molar-refractivity contribution in [3.8, 4) is 23.0 Å². The van der Waals surface area contributed by atoms with Crippen LogP contribution in [0.3, 0.4) is 0 Å². The van der Waals surface area contributed by atoms with Crippen LogP contribution in [0.25, 0.3) is 0 Å². The van der Waals surface area contributed by atoms with Gasteiger partial charge >= 0.3 is 5.97 Å². The van der Waals surface area contributed by atoms with Gasteiger partial charge in [-0.3, -0.25) is 4.79 Å². The summed E-state index contributed by atoms with van der Waals surface area (Å²) in [4.78, 5) is 24.2. The predicted octanol–water partition coefficient (Wildman–Crippen LogP) is 2.67. The lowest BCUT2D eigenvalue weighted by Gasteiger charge is -2.18. The van der Waals surface area contributed by atoms with Crippen LogP contribution in [0.4, 0.5) is 5.69 Å². The van der Waals surface area contributed by atoms with Gasteiger partial charge in [0, 0.05) is 11.6 Å². The lowest BCUT2D eigenvalue weighted by Crippen LogP contribution is -2.16. The number of amides is 1. The molecule has 0 aliphatic heterocycles. The highest BCUT2D eigenvalue weighted by molar-refractivity contribution is 6.09. The summed E-state index contributed by atoms with van der Waals surface area (Å²) in [6.45, 7) is 0. The largest absolute Gasteiger partial charge is 0.497 e. The molecule has 26 heavy (non-hydrogen) atoms. The smallest absolute Gasteiger partial charge is 0.338 e. The number of rotatable bonds is 7. The third-order valence-electron chi connectivity index (χ3n) is 3.65. The number of carboxylic acids is 1. The molecular weight excluding hydrogens is 342 g/mol. The fourth-order valence-electron chi connectivity index (χ4n) is 2.38. The first-order valence-corrected chi connectivity index (χ1v) is 7.48. The van der Waals surface area contributed by atoms with E-state index in [0.717, 1.165) is 0 Å². The highest BCUT2D eigenvalue weighted by Gasteiger charge is 2.25. The van der Waals surface area contributed by atoms with E-state index in [1.165, 1.54) is 34.5 Å². The van der Waals surface area contributed by atoms with Gasteiger partial charge in [0.1, 0.15) is 11.4 Å². The average molecular weight is 361 g/mol. The highest BCUT2D eigenvalue weighted by Crippen LogP contribution is 2.45. The Morgan fingerprint density at radius 1 is 0.885 bits per heavy atom. The second-order valence-corrected chi connectivity index (χ2v) is 5.06. The van der Waals surface area contributed by atoms with Crippen LogP contribution in [0, 0.1) is 0 Å². The molecule has 2 rings (SSSR count). The summed E-state index contributed by atoms with van der Waals surface area (Å²) in [5.74, 6) is -0.785. The van der Waals surface area contributed by atoms with Crippen LogP contribution in [-0.4, -0.2) is 45.4 Å². The van der Waals surface area contributed by atoms with Gasteiger partial charge in [0.05, 0.1) is 34.0 Å². The third-order valence-corrected chi connectivity index (χ3v) is 3.65. The maximum absolute atomic E-state index is 12.5. The molecule has 0 radical (unpaired) electrons. The van der Waals surface area contributed by atoms with Crippen molar-refractivity contribution < 1.29 is 33.6 Å². The summed E-state index contributed by atoms with van der Waals surface area (Å²) in [5, 5.41) is 12.1. The molecule has 0 saturated heterocycles. The Morgan fingerprint density at radius 2 is 1.50 bits per heavy atom. The van der Waals surface area contributed by atoms with E-state index < -0.39 is 11.9 Å². The van der Waals surface area contributed by atoms with Crippen molar-refractivity contribution in [3.05, 3.63) is 41.5 Å². The number of ether oxygens (including phenoxy) is 4. The molecule has 2 aromatic carbocycles. The number of carbonyl (C=O) groups is 2. The molecule has 2 N–H and O–H groups in total. The molecule has 1 amide bonds. The van der Waals surface area contributed by atoms with Crippen molar-refractivity contribution in [1.29, 1.82) is 0 Å². The molecule has 0 heterocycles. The molecule has 0 aliphatic rings. The Bertz CT molecular complexity index is 815. The molecule has 0 bridgehead atoms. The van der Waals surface area contributed by atoms with Crippen molar-refractivity contribution >= 4 is 17.6 Å². The lowest BCUT2D eigenvalue weighted by atomic mass is 10.1. The van der Waals surface area contributed by atoms with Gasteiger partial charge in [0.15, 0.2) is 11.5 Å². The van der Waals surface area contributed by atoms with Crippen LogP contribution in [0.1, 0.15) is 20.7 Å². The van der Waals surface area contributed by atoms with Crippen LogP contribution >= 0.6 is 0 Å². The standard InChI is InChI=1S/C18H19NO7/c1-23-11-7-5-10(6-8-11)17(20)19-14-12(18(21)22)9-13(24-2)15(25-3)16(14)26-4/h5-9H,1-4H3,(H,19,20)(H,21,22). The molecule has 0 saturated carbocycles. The van der Waals surface area contributed by atoms with Gasteiger partial charge < -0.3 is 29.4 Å². The highest BCUT2D eigenvalue weighted by atomic mass is 16.5. The van der Waals surface area contributed by atoms with E-state index >= 15 is 0 Å². The van der Waals surface area contributed by atoms with E-state index in [0.29, 0.717) is 11.3 Å². The number of aromatic carboxylic acids is 1. The molecule has 0 fully saturated rings. The van der Waals surface area contributed by atoms with Crippen LogP contribution in [0.5, 0.6) is 23.0 Å². The molecule has 0 atom stereocenters. The first-order chi connectivity index (χ1) is 12.5. The zero-order chi connectivity index (χ0) is 19.3. The van der Waals surface area contributed by atoms with Gasteiger partial charge in [0.25, 0.3) is 5.91 Å². The number of hydrogen-bond acceptors (Lipinski definition) is 6. The van der Waals surface area contributed by atoms with E-state index in [-0.39, 0.29) is 28.5 Å². The molecule has 0 aliphatic carbocycles. The van der Waals surface area contributed by atoms with Gasteiger partial charge in [-0.15, -0.1) is 0 Å². The summed E-state index contributed by atoms with van der Waals surface area (Å²) in [6.07, 6.45) is 0. The van der Waals surface area contributed by atoms with Crippen molar-refractivity contribution in [3.63, 3.8) is 0 Å². The van der Waals surface area contributed by atoms with Crippen LogP contribution < -0.4 is 24.3 Å². The van der Waals surface area contributed by atoms with Gasteiger partial charge in [-0.1, -0.05) is 0 Å². The zero-order valence-electron chi connectivity index (χ0n) is 14.8. The first-order valence-electron chi connectivity index (χ1n) is 7.48. The monoisotopic (exact) mass is 361 g/mol. The molecule has 0 aromatic heterocycles. The van der Waals surface area contributed by atoms with E-state index in [1.807, 2.05) is 0 Å². The molecule has 2 aromatic rings. The third kappa shape index (κ3) is 3.64. The topological polar surface area (TPSA) is 103 Å².